The number of nitrogens with two attached hydrogens (primary N) is 1. The molecule has 24 heavy (non-hydrogen) atoms. The van der Waals surface area contributed by atoms with Crippen LogP contribution in [0.1, 0.15) is 33.6 Å². The molecule has 0 saturated heterocycles. The third kappa shape index (κ3) is 3.36. The lowest BCUT2D eigenvalue weighted by atomic mass is 10.1. The Morgan fingerprint density at radius 3 is 2.67 bits per heavy atom. The smallest absolute Gasteiger partial charge is 0.250 e. The Kier molecular flexibility index (Phi) is 4.43. The highest BCUT2D eigenvalue weighted by atomic mass is 35.5. The molecule has 3 aromatic rings. The molecular formula is C16H15ClN6O. The number of aromatic amines is 1. The molecule has 8 heteroatoms. The Bertz CT molecular complexity index is 864. The number of H-pyrrole nitrogens is 1. The van der Waals surface area contributed by atoms with Gasteiger partial charge in [0.1, 0.15) is 17.7 Å². The first-order chi connectivity index (χ1) is 11.5. The van der Waals surface area contributed by atoms with Crippen molar-refractivity contribution in [3.8, 4) is 0 Å². The number of benzene rings is 1. The lowest BCUT2D eigenvalue weighted by Crippen LogP contribution is -2.16. The average Bonchev–Trinajstić information content (AvgIpc) is 3.00. The van der Waals surface area contributed by atoms with Crippen LogP contribution in [0.5, 0.6) is 0 Å². The van der Waals surface area contributed by atoms with Crippen LogP contribution in [0.4, 0.5) is 5.82 Å². The van der Waals surface area contributed by atoms with Crippen molar-refractivity contribution in [2.45, 2.75) is 13.0 Å². The van der Waals surface area contributed by atoms with Crippen molar-refractivity contribution in [2.24, 2.45) is 5.73 Å². The first-order valence-corrected chi connectivity index (χ1v) is 7.58. The lowest BCUT2D eigenvalue weighted by molar-refractivity contribution is 0.1000. The summed E-state index contributed by atoms with van der Waals surface area (Å²) in [6.07, 6.45) is 1.38. The number of aryl methyl sites for hydroxylation is 1. The first kappa shape index (κ1) is 15.9. The van der Waals surface area contributed by atoms with Gasteiger partial charge >= 0.3 is 0 Å². The van der Waals surface area contributed by atoms with E-state index in [9.17, 15) is 4.79 Å². The van der Waals surface area contributed by atoms with Crippen LogP contribution in [0.2, 0.25) is 5.02 Å². The largest absolute Gasteiger partial charge is 0.366 e. The van der Waals surface area contributed by atoms with Gasteiger partial charge in [0.05, 0.1) is 10.6 Å². The summed E-state index contributed by atoms with van der Waals surface area (Å²) >= 11 is 6.22. The molecule has 0 saturated carbocycles. The monoisotopic (exact) mass is 342 g/mol. The van der Waals surface area contributed by atoms with Crippen LogP contribution in [-0.4, -0.2) is 26.1 Å². The second kappa shape index (κ2) is 6.67. The molecule has 4 N–H and O–H groups in total. The molecule has 1 unspecified atom stereocenters. The van der Waals surface area contributed by atoms with E-state index in [1.807, 2.05) is 37.3 Å². The van der Waals surface area contributed by atoms with E-state index in [1.165, 1.54) is 12.3 Å². The fourth-order valence-electron chi connectivity index (χ4n) is 2.25. The molecule has 0 aliphatic carbocycles. The van der Waals surface area contributed by atoms with Gasteiger partial charge in [0, 0.05) is 6.20 Å². The maximum absolute atomic E-state index is 11.2. The van der Waals surface area contributed by atoms with Crippen molar-refractivity contribution < 1.29 is 4.79 Å². The van der Waals surface area contributed by atoms with Gasteiger partial charge in [0.25, 0.3) is 0 Å². The molecule has 7 nitrogen and oxygen atoms in total. The minimum atomic E-state index is -0.583. The van der Waals surface area contributed by atoms with Crippen LogP contribution in [0.25, 0.3) is 0 Å². The Morgan fingerprint density at radius 2 is 2.08 bits per heavy atom. The van der Waals surface area contributed by atoms with Crippen LogP contribution >= 0.6 is 11.6 Å². The van der Waals surface area contributed by atoms with Crippen molar-refractivity contribution >= 4 is 23.3 Å². The highest BCUT2D eigenvalue weighted by Gasteiger charge is 2.20. The van der Waals surface area contributed by atoms with Gasteiger partial charge in [-0.3, -0.25) is 9.89 Å². The second-order valence-electron chi connectivity index (χ2n) is 5.19. The van der Waals surface area contributed by atoms with Crippen LogP contribution in [0.15, 0.2) is 42.6 Å². The number of primary amides is 1. The van der Waals surface area contributed by atoms with Gasteiger partial charge in [0.15, 0.2) is 5.82 Å². The second-order valence-corrected chi connectivity index (χ2v) is 5.59. The van der Waals surface area contributed by atoms with Gasteiger partial charge in [-0.15, -0.1) is 0 Å². The minimum Gasteiger partial charge on any atom is -0.366 e. The van der Waals surface area contributed by atoms with E-state index in [2.05, 4.69) is 25.5 Å². The van der Waals surface area contributed by atoms with Gasteiger partial charge < -0.3 is 11.1 Å². The van der Waals surface area contributed by atoms with Gasteiger partial charge in [-0.2, -0.15) is 5.10 Å². The molecule has 0 radical (unpaired) electrons. The Labute approximate surface area is 143 Å². The number of amides is 1. The fourth-order valence-corrected chi connectivity index (χ4v) is 2.47. The summed E-state index contributed by atoms with van der Waals surface area (Å²) in [6, 6.07) is 10.8. The molecule has 0 bridgehead atoms. The predicted octanol–water partition coefficient (Wildman–Crippen LogP) is 2.46. The van der Waals surface area contributed by atoms with Crippen LogP contribution < -0.4 is 11.1 Å². The number of anilines is 1. The third-order valence-corrected chi connectivity index (χ3v) is 3.70. The number of pyridine rings is 1. The zero-order chi connectivity index (χ0) is 17.1. The lowest BCUT2D eigenvalue weighted by Gasteiger charge is -2.18. The van der Waals surface area contributed by atoms with Crippen molar-refractivity contribution in [2.75, 3.05) is 5.32 Å². The van der Waals surface area contributed by atoms with E-state index in [1.54, 1.807) is 0 Å². The molecule has 0 aliphatic heterocycles. The first-order valence-electron chi connectivity index (χ1n) is 7.20. The SMILES string of the molecule is Cc1nc(C(Nc2ncc(C(N)=O)cc2Cl)c2ccccc2)n[nH]1. The molecule has 0 spiro atoms. The quantitative estimate of drug-likeness (QED) is 0.659. The van der Waals surface area contributed by atoms with E-state index in [4.69, 9.17) is 17.3 Å². The topological polar surface area (TPSA) is 110 Å². The summed E-state index contributed by atoms with van der Waals surface area (Å²) in [4.78, 5) is 19.8. The predicted molar refractivity (Wildman–Crippen MR) is 90.8 cm³/mol. The van der Waals surface area contributed by atoms with Crippen LogP contribution in [0, 0.1) is 6.92 Å². The van der Waals surface area contributed by atoms with Gasteiger partial charge in [0.2, 0.25) is 5.91 Å². The number of nitrogens with one attached hydrogen (secondary N) is 2. The zero-order valence-electron chi connectivity index (χ0n) is 12.8. The number of aromatic nitrogens is 4. The summed E-state index contributed by atoms with van der Waals surface area (Å²) in [5, 5.41) is 10.6. The fraction of sp³-hybridized carbons (Fsp3) is 0.125. The number of hydrogen-bond donors (Lipinski definition) is 3. The van der Waals surface area contributed by atoms with Crippen molar-refractivity contribution in [1.82, 2.24) is 20.2 Å². The standard InChI is InChI=1S/C16H15ClN6O/c1-9-20-16(23-22-9)13(10-5-3-2-4-6-10)21-15-12(17)7-11(8-19-15)14(18)24/h2-8,13H,1H3,(H2,18,24)(H,19,21)(H,20,22,23). The Morgan fingerprint density at radius 1 is 1.33 bits per heavy atom. The molecule has 0 fully saturated rings. The molecule has 2 heterocycles. The molecule has 1 amide bonds. The Hall–Kier alpha value is -2.93. The van der Waals surface area contributed by atoms with E-state index < -0.39 is 5.91 Å². The highest BCUT2D eigenvalue weighted by molar-refractivity contribution is 6.33. The Balaban J connectivity index is 1.97. The third-order valence-electron chi connectivity index (χ3n) is 3.41. The molecule has 3 rings (SSSR count). The number of carbonyl (C=O) groups is 1. The number of nitrogens with zero attached hydrogens (tertiary/aromatic N) is 3. The van der Waals surface area contributed by atoms with Crippen LogP contribution in [0.3, 0.4) is 0 Å². The average molecular weight is 343 g/mol. The number of carbonyl (C=O) groups excluding carboxylic acids is 1. The van der Waals surface area contributed by atoms with Gasteiger partial charge in [-0.1, -0.05) is 41.9 Å². The van der Waals surface area contributed by atoms with Crippen molar-refractivity contribution in [3.05, 3.63) is 70.4 Å². The van der Waals surface area contributed by atoms with Crippen molar-refractivity contribution in [3.63, 3.8) is 0 Å². The summed E-state index contributed by atoms with van der Waals surface area (Å²) in [5.41, 5.74) is 6.43. The molecular weight excluding hydrogens is 328 g/mol. The molecule has 2 aromatic heterocycles. The zero-order valence-corrected chi connectivity index (χ0v) is 13.6. The molecule has 1 atom stereocenters. The van der Waals surface area contributed by atoms with E-state index in [0.717, 1.165) is 5.56 Å². The normalized spacial score (nSPS) is 11.9. The number of rotatable bonds is 5. The number of halogens is 1. The van der Waals surface area contributed by atoms with E-state index in [0.29, 0.717) is 22.5 Å². The molecule has 122 valence electrons. The molecule has 1 aromatic carbocycles. The minimum absolute atomic E-state index is 0.246. The van der Waals surface area contributed by atoms with E-state index in [-0.39, 0.29) is 11.6 Å². The van der Waals surface area contributed by atoms with E-state index >= 15 is 0 Å². The summed E-state index contributed by atoms with van der Waals surface area (Å²) in [6.45, 7) is 1.82. The van der Waals surface area contributed by atoms with Gasteiger partial charge in [-0.25, -0.2) is 9.97 Å². The molecule has 0 aliphatic rings. The van der Waals surface area contributed by atoms with Crippen LogP contribution in [-0.2, 0) is 0 Å². The summed E-state index contributed by atoms with van der Waals surface area (Å²) < 4.78 is 0. The highest BCUT2D eigenvalue weighted by Crippen LogP contribution is 2.28. The maximum atomic E-state index is 11.2. The number of hydrogen-bond acceptors (Lipinski definition) is 5. The van der Waals surface area contributed by atoms with Gasteiger partial charge in [-0.05, 0) is 18.6 Å². The van der Waals surface area contributed by atoms with Crippen molar-refractivity contribution in [1.29, 1.82) is 0 Å². The summed E-state index contributed by atoms with van der Waals surface area (Å²) in [5.74, 6) is 1.10. The summed E-state index contributed by atoms with van der Waals surface area (Å²) in [7, 11) is 0. The maximum Gasteiger partial charge on any atom is 0.250 e.